The largest absolute Gasteiger partial charge is 0.491 e. The molecule has 0 saturated carbocycles. The van der Waals surface area contributed by atoms with Crippen molar-refractivity contribution in [3.8, 4) is 16.9 Å². The Morgan fingerprint density at radius 3 is 2.29 bits per heavy atom. The van der Waals surface area contributed by atoms with Crippen molar-refractivity contribution in [1.29, 1.82) is 0 Å². The zero-order valence-corrected chi connectivity index (χ0v) is 14.0. The fourth-order valence-electron chi connectivity index (χ4n) is 2.68. The van der Waals surface area contributed by atoms with Gasteiger partial charge in [0.1, 0.15) is 18.5 Å². The third-order valence-corrected chi connectivity index (χ3v) is 3.89. The van der Waals surface area contributed by atoms with Crippen LogP contribution in [0.25, 0.3) is 11.1 Å². The Hall–Kier alpha value is -2.59. The minimum Gasteiger partial charge on any atom is -0.491 e. The Morgan fingerprint density at radius 2 is 1.67 bits per heavy atom. The van der Waals surface area contributed by atoms with Gasteiger partial charge in [0.15, 0.2) is 0 Å². The molecule has 1 aromatic heterocycles. The quantitative estimate of drug-likeness (QED) is 0.754. The fraction of sp³-hybridized carbons (Fsp3) is 0.250. The first-order chi connectivity index (χ1) is 11.6. The van der Waals surface area contributed by atoms with Gasteiger partial charge < -0.3 is 9.84 Å². The Balaban J connectivity index is 1.55. The molecule has 0 spiro atoms. The number of benzene rings is 2. The Labute approximate surface area is 142 Å². The zero-order chi connectivity index (χ0) is 16.9. The number of aliphatic hydroxyl groups excluding tert-OH is 1. The number of hydrogen-bond donors (Lipinski definition) is 1. The number of ether oxygens (including phenoxy) is 1. The number of aryl methyl sites for hydroxylation is 2. The van der Waals surface area contributed by atoms with Crippen LogP contribution in [-0.4, -0.2) is 27.6 Å². The molecule has 0 unspecified atom stereocenters. The van der Waals surface area contributed by atoms with Crippen molar-refractivity contribution in [2.24, 2.45) is 0 Å². The van der Waals surface area contributed by atoms with E-state index in [-0.39, 0.29) is 6.61 Å². The van der Waals surface area contributed by atoms with Gasteiger partial charge in [-0.1, -0.05) is 42.5 Å². The van der Waals surface area contributed by atoms with Crippen molar-refractivity contribution in [3.05, 3.63) is 72.1 Å². The van der Waals surface area contributed by atoms with Crippen LogP contribution in [0.4, 0.5) is 0 Å². The molecule has 1 heterocycles. The molecule has 4 nitrogen and oxygen atoms in total. The molecular weight excluding hydrogens is 300 g/mol. The van der Waals surface area contributed by atoms with Gasteiger partial charge in [-0.05, 0) is 43.2 Å². The lowest BCUT2D eigenvalue weighted by Gasteiger charge is -2.14. The van der Waals surface area contributed by atoms with E-state index < -0.39 is 6.10 Å². The van der Waals surface area contributed by atoms with E-state index in [0.717, 1.165) is 22.7 Å². The van der Waals surface area contributed by atoms with Gasteiger partial charge in [-0.15, -0.1) is 0 Å². The van der Waals surface area contributed by atoms with Crippen molar-refractivity contribution in [3.63, 3.8) is 0 Å². The van der Waals surface area contributed by atoms with E-state index in [1.165, 1.54) is 5.56 Å². The lowest BCUT2D eigenvalue weighted by atomic mass is 10.1. The number of aromatic nitrogens is 2. The molecule has 0 aliphatic heterocycles. The van der Waals surface area contributed by atoms with Crippen molar-refractivity contribution in [2.45, 2.75) is 26.5 Å². The highest BCUT2D eigenvalue weighted by Gasteiger charge is 2.09. The topological polar surface area (TPSA) is 47.3 Å². The molecule has 1 atom stereocenters. The van der Waals surface area contributed by atoms with Crippen LogP contribution in [-0.2, 0) is 6.54 Å². The highest BCUT2D eigenvalue weighted by Crippen LogP contribution is 2.22. The number of hydrogen-bond acceptors (Lipinski definition) is 3. The fourth-order valence-corrected chi connectivity index (χ4v) is 2.68. The van der Waals surface area contributed by atoms with Gasteiger partial charge in [0, 0.05) is 5.69 Å². The van der Waals surface area contributed by atoms with Crippen LogP contribution in [0, 0.1) is 13.8 Å². The summed E-state index contributed by atoms with van der Waals surface area (Å²) in [4.78, 5) is 0. The second-order valence-electron chi connectivity index (χ2n) is 5.96. The summed E-state index contributed by atoms with van der Waals surface area (Å²) in [6, 6.07) is 20.1. The van der Waals surface area contributed by atoms with Crippen molar-refractivity contribution in [1.82, 2.24) is 9.78 Å². The molecule has 0 aliphatic rings. The van der Waals surface area contributed by atoms with Crippen LogP contribution in [0.2, 0.25) is 0 Å². The van der Waals surface area contributed by atoms with E-state index in [1.54, 1.807) is 0 Å². The van der Waals surface area contributed by atoms with Crippen molar-refractivity contribution >= 4 is 0 Å². The molecule has 1 N–H and O–H groups in total. The average molecular weight is 322 g/mol. The Kier molecular flexibility index (Phi) is 4.96. The van der Waals surface area contributed by atoms with Crippen LogP contribution in [0.1, 0.15) is 11.4 Å². The predicted octanol–water partition coefficient (Wildman–Crippen LogP) is 3.61. The summed E-state index contributed by atoms with van der Waals surface area (Å²) >= 11 is 0. The molecule has 24 heavy (non-hydrogen) atoms. The summed E-state index contributed by atoms with van der Waals surface area (Å²) in [6.07, 6.45) is -0.600. The summed E-state index contributed by atoms with van der Waals surface area (Å²) in [5, 5.41) is 14.5. The third-order valence-electron chi connectivity index (χ3n) is 3.89. The second-order valence-corrected chi connectivity index (χ2v) is 5.96. The van der Waals surface area contributed by atoms with Crippen LogP contribution in [0.3, 0.4) is 0 Å². The minimum atomic E-state index is -0.600. The maximum Gasteiger partial charge on any atom is 0.119 e. The standard InChI is InChI=1S/C20H22N2O2/c1-15-12-16(2)22(21-15)13-19(23)14-24-20-10-8-18(9-11-20)17-6-4-3-5-7-17/h3-12,19,23H,13-14H2,1-2H3/t19-/m0/s1. The van der Waals surface area contributed by atoms with Gasteiger partial charge in [-0.25, -0.2) is 0 Å². The SMILES string of the molecule is Cc1cc(C)n(C[C@H](O)COc2ccc(-c3ccccc3)cc2)n1. The first kappa shape index (κ1) is 16.3. The molecule has 2 aromatic carbocycles. The normalized spacial score (nSPS) is 12.1. The van der Waals surface area contributed by atoms with Gasteiger partial charge in [-0.2, -0.15) is 5.10 Å². The molecule has 0 amide bonds. The first-order valence-corrected chi connectivity index (χ1v) is 8.09. The zero-order valence-electron chi connectivity index (χ0n) is 14.0. The van der Waals surface area contributed by atoms with Crippen LogP contribution in [0.15, 0.2) is 60.7 Å². The summed E-state index contributed by atoms with van der Waals surface area (Å²) < 4.78 is 7.49. The van der Waals surface area contributed by atoms with Crippen LogP contribution >= 0.6 is 0 Å². The third kappa shape index (κ3) is 4.03. The summed E-state index contributed by atoms with van der Waals surface area (Å²) in [6.45, 7) is 4.60. The molecular formula is C20H22N2O2. The molecule has 3 rings (SSSR count). The van der Waals surface area contributed by atoms with Crippen molar-refractivity contribution in [2.75, 3.05) is 6.61 Å². The lowest BCUT2D eigenvalue weighted by Crippen LogP contribution is -2.24. The molecule has 0 radical (unpaired) electrons. The summed E-state index contributed by atoms with van der Waals surface area (Å²) in [5.74, 6) is 0.752. The first-order valence-electron chi connectivity index (χ1n) is 8.09. The van der Waals surface area contributed by atoms with E-state index in [1.807, 2.05) is 67.1 Å². The van der Waals surface area contributed by atoms with Gasteiger partial charge >= 0.3 is 0 Å². The number of nitrogens with zero attached hydrogens (tertiary/aromatic N) is 2. The number of rotatable bonds is 6. The number of aliphatic hydroxyl groups is 1. The highest BCUT2D eigenvalue weighted by atomic mass is 16.5. The monoisotopic (exact) mass is 322 g/mol. The smallest absolute Gasteiger partial charge is 0.119 e. The molecule has 0 bridgehead atoms. The molecule has 3 aromatic rings. The van der Waals surface area contributed by atoms with Crippen LogP contribution < -0.4 is 4.74 Å². The van der Waals surface area contributed by atoms with E-state index in [4.69, 9.17) is 4.74 Å². The molecule has 0 saturated heterocycles. The maximum atomic E-state index is 10.1. The van der Waals surface area contributed by atoms with Gasteiger partial charge in [0.2, 0.25) is 0 Å². The van der Waals surface area contributed by atoms with Crippen LogP contribution in [0.5, 0.6) is 5.75 Å². The molecule has 124 valence electrons. The summed E-state index contributed by atoms with van der Waals surface area (Å²) in [7, 11) is 0. The van der Waals surface area contributed by atoms with Gasteiger partial charge in [-0.3, -0.25) is 4.68 Å². The van der Waals surface area contributed by atoms with Gasteiger partial charge in [0.25, 0.3) is 0 Å². The second kappa shape index (κ2) is 7.32. The Morgan fingerprint density at radius 1 is 1.00 bits per heavy atom. The molecule has 0 aliphatic carbocycles. The van der Waals surface area contributed by atoms with E-state index in [9.17, 15) is 5.11 Å². The maximum absolute atomic E-state index is 10.1. The molecule has 0 fully saturated rings. The van der Waals surface area contributed by atoms with E-state index in [0.29, 0.717) is 6.54 Å². The average Bonchev–Trinajstić information content (AvgIpc) is 2.91. The van der Waals surface area contributed by atoms with Crippen molar-refractivity contribution < 1.29 is 9.84 Å². The predicted molar refractivity (Wildman–Crippen MR) is 95.1 cm³/mol. The lowest BCUT2D eigenvalue weighted by molar-refractivity contribution is 0.0887. The highest BCUT2D eigenvalue weighted by molar-refractivity contribution is 5.63. The Bertz CT molecular complexity index is 779. The molecule has 4 heteroatoms. The minimum absolute atomic E-state index is 0.239. The van der Waals surface area contributed by atoms with Gasteiger partial charge in [0.05, 0.1) is 12.2 Å². The van der Waals surface area contributed by atoms with E-state index in [2.05, 4.69) is 17.2 Å². The van der Waals surface area contributed by atoms with E-state index >= 15 is 0 Å². The summed E-state index contributed by atoms with van der Waals surface area (Å²) in [5.41, 5.74) is 4.32.